The Morgan fingerprint density at radius 1 is 1.18 bits per heavy atom. The van der Waals surface area contributed by atoms with E-state index in [9.17, 15) is 0 Å². The van der Waals surface area contributed by atoms with Gasteiger partial charge in [0.1, 0.15) is 11.5 Å². The number of pyridine rings is 1. The fourth-order valence-corrected chi connectivity index (χ4v) is 1.97. The third kappa shape index (κ3) is 2.79. The van der Waals surface area contributed by atoms with E-state index in [1.807, 2.05) is 32.0 Å². The second-order valence-corrected chi connectivity index (χ2v) is 5.05. The zero-order valence-corrected chi connectivity index (χ0v) is 11.8. The topological polar surface area (TPSA) is 22.1 Å². The Bertz CT molecular complexity index is 557. The summed E-state index contributed by atoms with van der Waals surface area (Å²) in [7, 11) is 0. The molecular weight excluding hydrogens is 302 g/mol. The predicted molar refractivity (Wildman–Crippen MR) is 72.9 cm³/mol. The number of aryl methyl sites for hydroxylation is 1. The summed E-state index contributed by atoms with van der Waals surface area (Å²) in [6.07, 6.45) is 3.45. The number of ether oxygens (including phenoxy) is 1. The average molecular weight is 313 g/mol. The molecule has 0 unspecified atom stereocenters. The molecule has 4 heteroatoms. The van der Waals surface area contributed by atoms with Crippen molar-refractivity contribution in [3.63, 3.8) is 0 Å². The lowest BCUT2D eigenvalue weighted by molar-refractivity contribution is 0.472. The SMILES string of the molecule is Cc1cc(Cl)ccc1Oc1cncc(Br)c1C. The van der Waals surface area contributed by atoms with Gasteiger partial charge in [0, 0.05) is 21.3 Å². The Labute approximate surface area is 114 Å². The zero-order chi connectivity index (χ0) is 12.4. The van der Waals surface area contributed by atoms with Crippen LogP contribution in [0.4, 0.5) is 0 Å². The third-order valence-corrected chi connectivity index (χ3v) is 3.50. The number of halogens is 2. The van der Waals surface area contributed by atoms with Crippen LogP contribution in [-0.2, 0) is 0 Å². The summed E-state index contributed by atoms with van der Waals surface area (Å²) in [5.41, 5.74) is 2.02. The van der Waals surface area contributed by atoms with Crippen molar-refractivity contribution in [1.82, 2.24) is 4.98 Å². The van der Waals surface area contributed by atoms with Crippen LogP contribution in [0.1, 0.15) is 11.1 Å². The van der Waals surface area contributed by atoms with Crippen LogP contribution in [-0.4, -0.2) is 4.98 Å². The molecule has 1 heterocycles. The molecule has 0 saturated heterocycles. The van der Waals surface area contributed by atoms with Gasteiger partial charge in [0.15, 0.2) is 0 Å². The highest BCUT2D eigenvalue weighted by Crippen LogP contribution is 2.31. The molecular formula is C13H11BrClNO. The van der Waals surface area contributed by atoms with E-state index in [-0.39, 0.29) is 0 Å². The molecule has 88 valence electrons. The van der Waals surface area contributed by atoms with Crippen LogP contribution < -0.4 is 4.74 Å². The Kier molecular flexibility index (Phi) is 3.69. The Morgan fingerprint density at radius 2 is 1.94 bits per heavy atom. The van der Waals surface area contributed by atoms with E-state index < -0.39 is 0 Å². The highest BCUT2D eigenvalue weighted by atomic mass is 79.9. The van der Waals surface area contributed by atoms with Crippen molar-refractivity contribution in [2.24, 2.45) is 0 Å². The van der Waals surface area contributed by atoms with Crippen molar-refractivity contribution >= 4 is 27.5 Å². The van der Waals surface area contributed by atoms with E-state index in [2.05, 4.69) is 20.9 Å². The molecule has 0 bridgehead atoms. The summed E-state index contributed by atoms with van der Waals surface area (Å²) in [6, 6.07) is 5.54. The van der Waals surface area contributed by atoms with E-state index in [1.54, 1.807) is 12.4 Å². The van der Waals surface area contributed by atoms with Gasteiger partial charge in [-0.1, -0.05) is 11.6 Å². The van der Waals surface area contributed by atoms with Gasteiger partial charge in [-0.05, 0) is 53.5 Å². The number of nitrogens with zero attached hydrogens (tertiary/aromatic N) is 1. The minimum atomic E-state index is 0.707. The Hall–Kier alpha value is -1.06. The molecule has 0 atom stereocenters. The highest BCUT2D eigenvalue weighted by molar-refractivity contribution is 9.10. The Morgan fingerprint density at radius 3 is 2.65 bits per heavy atom. The first-order valence-electron chi connectivity index (χ1n) is 5.12. The molecule has 0 aliphatic carbocycles. The molecule has 2 rings (SSSR count). The molecule has 0 aliphatic rings. The van der Waals surface area contributed by atoms with Crippen molar-refractivity contribution in [2.45, 2.75) is 13.8 Å². The van der Waals surface area contributed by atoms with Crippen LogP contribution in [0.25, 0.3) is 0 Å². The summed E-state index contributed by atoms with van der Waals surface area (Å²) in [5, 5.41) is 0.707. The van der Waals surface area contributed by atoms with Crippen molar-refractivity contribution in [3.8, 4) is 11.5 Å². The largest absolute Gasteiger partial charge is 0.455 e. The molecule has 0 radical (unpaired) electrons. The Balaban J connectivity index is 2.35. The molecule has 1 aromatic carbocycles. The van der Waals surface area contributed by atoms with E-state index in [0.717, 1.165) is 27.1 Å². The fourth-order valence-electron chi connectivity index (χ4n) is 1.43. The van der Waals surface area contributed by atoms with E-state index in [1.165, 1.54) is 0 Å². The van der Waals surface area contributed by atoms with Gasteiger partial charge >= 0.3 is 0 Å². The molecule has 1 aromatic heterocycles. The molecule has 2 aromatic rings. The first-order valence-corrected chi connectivity index (χ1v) is 6.29. The molecule has 2 nitrogen and oxygen atoms in total. The molecule has 0 amide bonds. The van der Waals surface area contributed by atoms with Gasteiger partial charge in [-0.25, -0.2) is 0 Å². The quantitative estimate of drug-likeness (QED) is 0.786. The van der Waals surface area contributed by atoms with Crippen LogP contribution in [0.2, 0.25) is 5.02 Å². The summed E-state index contributed by atoms with van der Waals surface area (Å²) >= 11 is 9.33. The molecule has 0 aliphatic heterocycles. The first kappa shape index (κ1) is 12.4. The van der Waals surface area contributed by atoms with Crippen molar-refractivity contribution in [2.75, 3.05) is 0 Å². The molecule has 0 N–H and O–H groups in total. The van der Waals surface area contributed by atoms with Gasteiger partial charge < -0.3 is 4.74 Å². The monoisotopic (exact) mass is 311 g/mol. The van der Waals surface area contributed by atoms with Gasteiger partial charge in [0.25, 0.3) is 0 Å². The molecule has 0 spiro atoms. The van der Waals surface area contributed by atoms with Gasteiger partial charge in [-0.2, -0.15) is 0 Å². The standard InChI is InChI=1S/C13H11BrClNO/c1-8-5-10(15)3-4-12(8)17-13-7-16-6-11(14)9(13)2/h3-7H,1-2H3. The lowest BCUT2D eigenvalue weighted by Crippen LogP contribution is -1.91. The maximum atomic E-state index is 5.90. The highest BCUT2D eigenvalue weighted by Gasteiger charge is 2.07. The lowest BCUT2D eigenvalue weighted by atomic mass is 10.2. The summed E-state index contributed by atoms with van der Waals surface area (Å²) < 4.78 is 6.76. The second kappa shape index (κ2) is 5.07. The summed E-state index contributed by atoms with van der Waals surface area (Å²) in [4.78, 5) is 4.09. The summed E-state index contributed by atoms with van der Waals surface area (Å²) in [6.45, 7) is 3.94. The number of hydrogen-bond acceptors (Lipinski definition) is 2. The van der Waals surface area contributed by atoms with Crippen LogP contribution in [0.5, 0.6) is 11.5 Å². The summed E-state index contributed by atoms with van der Waals surface area (Å²) in [5.74, 6) is 1.53. The molecule has 17 heavy (non-hydrogen) atoms. The van der Waals surface area contributed by atoms with Gasteiger partial charge in [-0.15, -0.1) is 0 Å². The van der Waals surface area contributed by atoms with Crippen LogP contribution in [0, 0.1) is 13.8 Å². The maximum absolute atomic E-state index is 5.90. The van der Waals surface area contributed by atoms with Crippen LogP contribution in [0.3, 0.4) is 0 Å². The minimum Gasteiger partial charge on any atom is -0.455 e. The molecule has 0 saturated carbocycles. The van der Waals surface area contributed by atoms with Gasteiger partial charge in [0.2, 0.25) is 0 Å². The first-order chi connectivity index (χ1) is 8.08. The number of rotatable bonds is 2. The molecule has 0 fully saturated rings. The van der Waals surface area contributed by atoms with E-state index >= 15 is 0 Å². The van der Waals surface area contributed by atoms with E-state index in [4.69, 9.17) is 16.3 Å². The number of benzene rings is 1. The van der Waals surface area contributed by atoms with Crippen molar-refractivity contribution in [1.29, 1.82) is 0 Å². The van der Waals surface area contributed by atoms with Crippen molar-refractivity contribution in [3.05, 3.63) is 51.2 Å². The van der Waals surface area contributed by atoms with Gasteiger partial charge in [-0.3, -0.25) is 4.98 Å². The predicted octanol–water partition coefficient (Wildman–Crippen LogP) is 4.91. The number of aromatic nitrogens is 1. The minimum absolute atomic E-state index is 0.707. The smallest absolute Gasteiger partial charge is 0.149 e. The van der Waals surface area contributed by atoms with Crippen LogP contribution >= 0.6 is 27.5 Å². The average Bonchev–Trinajstić information content (AvgIpc) is 2.28. The van der Waals surface area contributed by atoms with Crippen LogP contribution in [0.15, 0.2) is 35.1 Å². The maximum Gasteiger partial charge on any atom is 0.149 e. The van der Waals surface area contributed by atoms with E-state index in [0.29, 0.717) is 5.02 Å². The number of hydrogen-bond donors (Lipinski definition) is 0. The lowest BCUT2D eigenvalue weighted by Gasteiger charge is -2.11. The third-order valence-electron chi connectivity index (χ3n) is 2.46. The van der Waals surface area contributed by atoms with Gasteiger partial charge in [0.05, 0.1) is 6.20 Å². The normalized spacial score (nSPS) is 10.4. The second-order valence-electron chi connectivity index (χ2n) is 3.76. The fraction of sp³-hybridized carbons (Fsp3) is 0.154. The zero-order valence-electron chi connectivity index (χ0n) is 9.50. The van der Waals surface area contributed by atoms with Crippen molar-refractivity contribution < 1.29 is 4.74 Å².